The lowest BCUT2D eigenvalue weighted by Gasteiger charge is -2.38. The fourth-order valence-electron chi connectivity index (χ4n) is 4.74. The summed E-state index contributed by atoms with van der Waals surface area (Å²) in [6, 6.07) is 19.4. The second-order valence-electron chi connectivity index (χ2n) is 8.22. The molecule has 4 rings (SSSR count). The topological polar surface area (TPSA) is 41.6 Å². The summed E-state index contributed by atoms with van der Waals surface area (Å²) < 4.78 is 6.70. The monoisotopic (exact) mass is 456 g/mol. The van der Waals surface area contributed by atoms with Crippen molar-refractivity contribution in [3.63, 3.8) is 0 Å². The Morgan fingerprint density at radius 2 is 1.93 bits per heavy atom. The van der Waals surface area contributed by atoms with E-state index in [1.807, 2.05) is 12.1 Å². The number of likely N-dealkylation sites (tertiary alicyclic amines) is 1. The number of benzene rings is 2. The molecule has 2 aliphatic rings. The van der Waals surface area contributed by atoms with Gasteiger partial charge in [-0.3, -0.25) is 9.69 Å². The summed E-state index contributed by atoms with van der Waals surface area (Å²) in [5.41, 5.74) is 2.57. The second-order valence-corrected chi connectivity index (χ2v) is 9.13. The van der Waals surface area contributed by atoms with Crippen LogP contribution in [-0.2, 0) is 14.9 Å². The summed E-state index contributed by atoms with van der Waals surface area (Å²) in [4.78, 5) is 15.2. The minimum atomic E-state index is -0.0239. The van der Waals surface area contributed by atoms with Gasteiger partial charge in [0.05, 0.1) is 6.54 Å². The summed E-state index contributed by atoms with van der Waals surface area (Å²) >= 11 is 3.57. The predicted octanol–water partition coefficient (Wildman–Crippen LogP) is 4.45. The van der Waals surface area contributed by atoms with Crippen LogP contribution in [0.15, 0.2) is 59.1 Å². The van der Waals surface area contributed by atoms with Crippen LogP contribution in [0.1, 0.15) is 42.9 Å². The second kappa shape index (κ2) is 9.41. The molecule has 5 heteroatoms. The zero-order valence-electron chi connectivity index (χ0n) is 16.8. The third-order valence-electron chi connectivity index (χ3n) is 6.40. The lowest BCUT2D eigenvalue weighted by atomic mass is 9.74. The number of carbonyl (C=O) groups excluding carboxylic acids is 1. The number of nitrogens with zero attached hydrogens (tertiary/aromatic N) is 1. The smallest absolute Gasteiger partial charge is 0.234 e. The zero-order valence-corrected chi connectivity index (χ0v) is 18.4. The number of amides is 1. The van der Waals surface area contributed by atoms with E-state index >= 15 is 0 Å². The van der Waals surface area contributed by atoms with Crippen molar-refractivity contribution in [3.8, 4) is 0 Å². The van der Waals surface area contributed by atoms with Gasteiger partial charge in [-0.05, 0) is 55.5 Å². The number of nitrogens with one attached hydrogen (secondary N) is 1. The average molecular weight is 457 g/mol. The van der Waals surface area contributed by atoms with Crippen molar-refractivity contribution in [1.82, 2.24) is 10.2 Å². The Labute approximate surface area is 181 Å². The van der Waals surface area contributed by atoms with Crippen LogP contribution in [0.2, 0.25) is 0 Å². The van der Waals surface area contributed by atoms with E-state index in [2.05, 4.69) is 68.6 Å². The van der Waals surface area contributed by atoms with Crippen molar-refractivity contribution in [1.29, 1.82) is 0 Å². The van der Waals surface area contributed by atoms with Crippen molar-refractivity contribution < 1.29 is 9.53 Å². The molecule has 0 spiro atoms. The summed E-state index contributed by atoms with van der Waals surface area (Å²) in [6.45, 7) is 3.61. The van der Waals surface area contributed by atoms with E-state index < -0.39 is 0 Å². The molecule has 0 aromatic heterocycles. The maximum Gasteiger partial charge on any atom is 0.234 e. The quantitative estimate of drug-likeness (QED) is 0.697. The summed E-state index contributed by atoms with van der Waals surface area (Å²) in [6.07, 6.45) is 4.13. The molecule has 2 aliphatic heterocycles. The molecule has 0 aliphatic carbocycles. The van der Waals surface area contributed by atoms with Gasteiger partial charge in [0.15, 0.2) is 0 Å². The van der Waals surface area contributed by atoms with Crippen molar-refractivity contribution in [3.05, 3.63) is 70.2 Å². The van der Waals surface area contributed by atoms with E-state index in [0.717, 1.165) is 49.9 Å². The van der Waals surface area contributed by atoms with E-state index in [4.69, 9.17) is 4.74 Å². The highest BCUT2D eigenvalue weighted by molar-refractivity contribution is 9.10. The van der Waals surface area contributed by atoms with Gasteiger partial charge in [-0.2, -0.15) is 0 Å². The lowest BCUT2D eigenvalue weighted by molar-refractivity contribution is -0.123. The highest BCUT2D eigenvalue weighted by Crippen LogP contribution is 2.35. The van der Waals surface area contributed by atoms with Crippen molar-refractivity contribution >= 4 is 21.8 Å². The first kappa shape index (κ1) is 20.6. The lowest BCUT2D eigenvalue weighted by Crippen LogP contribution is -2.47. The minimum Gasteiger partial charge on any atom is -0.381 e. The Morgan fingerprint density at radius 3 is 2.69 bits per heavy atom. The Morgan fingerprint density at radius 1 is 1.14 bits per heavy atom. The molecule has 0 saturated carbocycles. The molecule has 1 N–H and O–H groups in total. The van der Waals surface area contributed by atoms with Gasteiger partial charge in [-0.15, -0.1) is 0 Å². The van der Waals surface area contributed by atoms with Gasteiger partial charge >= 0.3 is 0 Å². The van der Waals surface area contributed by atoms with Gasteiger partial charge in [0, 0.05) is 35.7 Å². The van der Waals surface area contributed by atoms with Gasteiger partial charge < -0.3 is 10.1 Å². The van der Waals surface area contributed by atoms with Gasteiger partial charge in [-0.1, -0.05) is 58.4 Å². The molecule has 2 fully saturated rings. The minimum absolute atomic E-state index is 0.0239. The molecular formula is C24H29BrN2O2. The first-order valence-electron chi connectivity index (χ1n) is 10.6. The molecule has 4 nitrogen and oxygen atoms in total. The van der Waals surface area contributed by atoms with E-state index in [1.165, 1.54) is 11.1 Å². The summed E-state index contributed by atoms with van der Waals surface area (Å²) in [5.74, 6) is 0.119. The highest BCUT2D eigenvalue weighted by Gasteiger charge is 2.35. The maximum atomic E-state index is 12.9. The van der Waals surface area contributed by atoms with Crippen LogP contribution in [0.25, 0.3) is 0 Å². The summed E-state index contributed by atoms with van der Waals surface area (Å²) in [7, 11) is 0. The van der Waals surface area contributed by atoms with Gasteiger partial charge in [-0.25, -0.2) is 0 Å². The normalized spacial score (nSPS) is 21.8. The number of ether oxygens (including phenoxy) is 1. The van der Waals surface area contributed by atoms with E-state index in [0.29, 0.717) is 19.1 Å². The number of carbonyl (C=O) groups is 1. The number of halogens is 1. The average Bonchev–Trinajstić information content (AvgIpc) is 3.22. The molecule has 1 amide bonds. The highest BCUT2D eigenvalue weighted by atomic mass is 79.9. The molecule has 2 aromatic carbocycles. The Bertz CT molecular complexity index is 821. The van der Waals surface area contributed by atoms with Gasteiger partial charge in [0.1, 0.15) is 0 Å². The van der Waals surface area contributed by atoms with Crippen molar-refractivity contribution in [2.75, 3.05) is 32.8 Å². The molecule has 154 valence electrons. The van der Waals surface area contributed by atoms with Crippen molar-refractivity contribution in [2.45, 2.75) is 37.1 Å². The van der Waals surface area contributed by atoms with Crippen LogP contribution in [0, 0.1) is 0 Å². The molecule has 0 bridgehead atoms. The Kier molecular flexibility index (Phi) is 6.68. The van der Waals surface area contributed by atoms with Crippen LogP contribution in [-0.4, -0.2) is 43.7 Å². The zero-order chi connectivity index (χ0) is 20.1. The van der Waals surface area contributed by atoms with Crippen molar-refractivity contribution in [2.24, 2.45) is 0 Å². The standard InChI is InChI=1S/C24H29BrN2O2/c25-21-9-4-6-19(16-21)22-10-5-13-27(22)17-23(28)26-18-24(11-14-29-15-12-24)20-7-2-1-3-8-20/h1-4,6-9,16,22H,5,10-15,17-18H2,(H,26,28). The summed E-state index contributed by atoms with van der Waals surface area (Å²) in [5, 5.41) is 3.26. The van der Waals surface area contributed by atoms with E-state index in [1.54, 1.807) is 0 Å². The Balaban J connectivity index is 1.40. The molecule has 29 heavy (non-hydrogen) atoms. The van der Waals surface area contributed by atoms with Gasteiger partial charge in [0.25, 0.3) is 0 Å². The van der Waals surface area contributed by atoms with Crippen LogP contribution < -0.4 is 5.32 Å². The largest absolute Gasteiger partial charge is 0.381 e. The number of rotatable bonds is 6. The third-order valence-corrected chi connectivity index (χ3v) is 6.90. The molecule has 2 heterocycles. The van der Waals surface area contributed by atoms with E-state index in [9.17, 15) is 4.79 Å². The van der Waals surface area contributed by atoms with Crippen LogP contribution in [0.3, 0.4) is 0 Å². The molecule has 1 atom stereocenters. The SMILES string of the molecule is O=C(CN1CCCC1c1cccc(Br)c1)NCC1(c2ccccc2)CCOCC1. The molecule has 2 aromatic rings. The van der Waals surface area contributed by atoms with Crippen LogP contribution in [0.4, 0.5) is 0 Å². The Hall–Kier alpha value is -1.69. The molecule has 0 radical (unpaired) electrons. The number of hydrogen-bond donors (Lipinski definition) is 1. The van der Waals surface area contributed by atoms with Crippen LogP contribution in [0.5, 0.6) is 0 Å². The molecular weight excluding hydrogens is 428 g/mol. The fourth-order valence-corrected chi connectivity index (χ4v) is 5.15. The third kappa shape index (κ3) is 4.90. The van der Waals surface area contributed by atoms with Crippen LogP contribution >= 0.6 is 15.9 Å². The maximum absolute atomic E-state index is 12.9. The molecule has 2 saturated heterocycles. The predicted molar refractivity (Wildman–Crippen MR) is 119 cm³/mol. The first-order valence-corrected chi connectivity index (χ1v) is 11.4. The first-order chi connectivity index (χ1) is 14.2. The number of hydrogen-bond acceptors (Lipinski definition) is 3. The van der Waals surface area contributed by atoms with E-state index in [-0.39, 0.29) is 11.3 Å². The molecule has 1 unspecified atom stereocenters. The van der Waals surface area contributed by atoms with Gasteiger partial charge in [0.2, 0.25) is 5.91 Å². The fraction of sp³-hybridized carbons (Fsp3) is 0.458.